The molecule has 0 aliphatic carbocycles. The highest BCUT2D eigenvalue weighted by Gasteiger charge is 2.22. The molecule has 0 atom stereocenters. The predicted molar refractivity (Wildman–Crippen MR) is 118 cm³/mol. The number of aromatic nitrogens is 3. The Hall–Kier alpha value is -3.80. The van der Waals surface area contributed by atoms with Crippen LogP contribution in [0.4, 0.5) is 17.3 Å². The second-order valence-electron chi connectivity index (χ2n) is 7.41. The SMILES string of the molecule is Cc1cc(C(=O)Nc2cccc3cccnc23)nc(N2CCCc3ccccc32)n1. The lowest BCUT2D eigenvalue weighted by molar-refractivity contribution is 0.102. The Bertz CT molecular complexity index is 1250. The number of para-hydroxylation sites is 2. The van der Waals surface area contributed by atoms with Crippen molar-refractivity contribution in [3.63, 3.8) is 0 Å². The van der Waals surface area contributed by atoms with Crippen molar-refractivity contribution in [1.82, 2.24) is 15.0 Å². The molecule has 0 saturated heterocycles. The van der Waals surface area contributed by atoms with Crippen molar-refractivity contribution in [3.05, 3.63) is 83.8 Å². The number of hydrogen-bond donors (Lipinski definition) is 1. The van der Waals surface area contributed by atoms with E-state index in [1.54, 1.807) is 12.3 Å². The lowest BCUT2D eigenvalue weighted by atomic mass is 10.0. The van der Waals surface area contributed by atoms with E-state index in [9.17, 15) is 4.79 Å². The van der Waals surface area contributed by atoms with Gasteiger partial charge in [0.1, 0.15) is 5.69 Å². The smallest absolute Gasteiger partial charge is 0.274 e. The van der Waals surface area contributed by atoms with Gasteiger partial charge in [-0.1, -0.05) is 36.4 Å². The summed E-state index contributed by atoms with van der Waals surface area (Å²) in [5, 5.41) is 3.94. The van der Waals surface area contributed by atoms with Crippen molar-refractivity contribution in [2.24, 2.45) is 0 Å². The highest BCUT2D eigenvalue weighted by molar-refractivity contribution is 6.07. The Morgan fingerprint density at radius 1 is 1.03 bits per heavy atom. The van der Waals surface area contributed by atoms with E-state index in [1.165, 1.54) is 5.56 Å². The van der Waals surface area contributed by atoms with Crippen LogP contribution in [0.1, 0.15) is 28.2 Å². The summed E-state index contributed by atoms with van der Waals surface area (Å²) in [6.45, 7) is 2.71. The first kappa shape index (κ1) is 18.2. The van der Waals surface area contributed by atoms with E-state index in [0.29, 0.717) is 17.3 Å². The summed E-state index contributed by atoms with van der Waals surface area (Å²) in [5.41, 5.74) is 4.90. The molecule has 0 unspecified atom stereocenters. The van der Waals surface area contributed by atoms with Gasteiger partial charge in [0, 0.05) is 29.5 Å². The molecule has 3 heterocycles. The molecule has 2 aromatic carbocycles. The van der Waals surface area contributed by atoms with Gasteiger partial charge in [-0.15, -0.1) is 0 Å². The Morgan fingerprint density at radius 2 is 1.90 bits per heavy atom. The van der Waals surface area contributed by atoms with Crippen LogP contribution in [-0.2, 0) is 6.42 Å². The van der Waals surface area contributed by atoms with Gasteiger partial charge in [0.05, 0.1) is 11.2 Å². The topological polar surface area (TPSA) is 71.0 Å². The minimum Gasteiger partial charge on any atom is -0.319 e. The zero-order valence-corrected chi connectivity index (χ0v) is 16.7. The van der Waals surface area contributed by atoms with Gasteiger partial charge < -0.3 is 10.2 Å². The molecule has 4 aromatic rings. The van der Waals surface area contributed by atoms with Gasteiger partial charge in [-0.05, 0) is 49.6 Å². The summed E-state index contributed by atoms with van der Waals surface area (Å²) in [6, 6.07) is 19.6. The molecule has 6 nitrogen and oxygen atoms in total. The number of carbonyl (C=O) groups excluding carboxylic acids is 1. The lowest BCUT2D eigenvalue weighted by Gasteiger charge is -2.29. The number of fused-ring (bicyclic) bond motifs is 2. The molecule has 1 aliphatic rings. The highest BCUT2D eigenvalue weighted by Crippen LogP contribution is 2.31. The first-order chi connectivity index (χ1) is 14.7. The Kier molecular flexibility index (Phi) is 4.59. The summed E-state index contributed by atoms with van der Waals surface area (Å²) < 4.78 is 0. The predicted octanol–water partition coefficient (Wildman–Crippen LogP) is 4.67. The van der Waals surface area contributed by atoms with Gasteiger partial charge in [-0.3, -0.25) is 9.78 Å². The number of nitrogens with zero attached hydrogens (tertiary/aromatic N) is 4. The molecule has 6 heteroatoms. The van der Waals surface area contributed by atoms with Crippen molar-refractivity contribution >= 4 is 34.1 Å². The molecule has 0 fully saturated rings. The summed E-state index contributed by atoms with van der Waals surface area (Å²) in [4.78, 5) is 28.8. The molecule has 2 aromatic heterocycles. The fourth-order valence-corrected chi connectivity index (χ4v) is 3.92. The molecule has 1 N–H and O–H groups in total. The average molecular weight is 395 g/mol. The van der Waals surface area contributed by atoms with E-state index in [2.05, 4.69) is 43.4 Å². The van der Waals surface area contributed by atoms with Gasteiger partial charge >= 0.3 is 0 Å². The quantitative estimate of drug-likeness (QED) is 0.546. The molecule has 0 saturated carbocycles. The van der Waals surface area contributed by atoms with Crippen LogP contribution < -0.4 is 10.2 Å². The van der Waals surface area contributed by atoms with Crippen molar-refractivity contribution in [1.29, 1.82) is 0 Å². The van der Waals surface area contributed by atoms with Gasteiger partial charge in [-0.2, -0.15) is 0 Å². The molecular formula is C24H21N5O. The van der Waals surface area contributed by atoms with E-state index in [-0.39, 0.29) is 5.91 Å². The third-order valence-electron chi connectivity index (χ3n) is 5.31. The number of anilines is 3. The van der Waals surface area contributed by atoms with Crippen LogP contribution in [0, 0.1) is 6.92 Å². The average Bonchev–Trinajstić information content (AvgIpc) is 2.78. The number of hydrogen-bond acceptors (Lipinski definition) is 5. The molecule has 1 aliphatic heterocycles. The van der Waals surface area contributed by atoms with Gasteiger partial charge in [-0.25, -0.2) is 9.97 Å². The molecule has 0 spiro atoms. The minimum absolute atomic E-state index is 0.273. The monoisotopic (exact) mass is 395 g/mol. The number of rotatable bonds is 3. The maximum Gasteiger partial charge on any atom is 0.274 e. The first-order valence-corrected chi connectivity index (χ1v) is 10.1. The fourth-order valence-electron chi connectivity index (χ4n) is 3.92. The van der Waals surface area contributed by atoms with Crippen LogP contribution >= 0.6 is 0 Å². The van der Waals surface area contributed by atoms with Crippen molar-refractivity contribution in [2.45, 2.75) is 19.8 Å². The van der Waals surface area contributed by atoms with Gasteiger partial charge in [0.2, 0.25) is 5.95 Å². The summed E-state index contributed by atoms with van der Waals surface area (Å²) in [7, 11) is 0. The van der Waals surface area contributed by atoms with E-state index in [1.807, 2.05) is 43.3 Å². The molecule has 5 rings (SSSR count). The van der Waals surface area contributed by atoms with Crippen LogP contribution in [-0.4, -0.2) is 27.4 Å². The van der Waals surface area contributed by atoms with Crippen LogP contribution in [0.3, 0.4) is 0 Å². The molecule has 0 bridgehead atoms. The van der Waals surface area contributed by atoms with Gasteiger partial charge in [0.15, 0.2) is 0 Å². The maximum atomic E-state index is 13.0. The van der Waals surface area contributed by atoms with Crippen LogP contribution in [0.2, 0.25) is 0 Å². The van der Waals surface area contributed by atoms with Crippen molar-refractivity contribution < 1.29 is 4.79 Å². The summed E-state index contributed by atoms with van der Waals surface area (Å²) in [6.07, 6.45) is 3.79. The second kappa shape index (κ2) is 7.55. The number of pyridine rings is 1. The third kappa shape index (κ3) is 3.37. The Labute approximate surface area is 174 Å². The number of amides is 1. The first-order valence-electron chi connectivity index (χ1n) is 10.1. The van der Waals surface area contributed by atoms with Crippen LogP contribution in [0.15, 0.2) is 66.9 Å². The number of aryl methyl sites for hydroxylation is 2. The Balaban J connectivity index is 1.49. The summed E-state index contributed by atoms with van der Waals surface area (Å²) in [5.74, 6) is 0.286. The van der Waals surface area contributed by atoms with Gasteiger partial charge in [0.25, 0.3) is 5.91 Å². The van der Waals surface area contributed by atoms with Crippen LogP contribution in [0.5, 0.6) is 0 Å². The largest absolute Gasteiger partial charge is 0.319 e. The lowest BCUT2D eigenvalue weighted by Crippen LogP contribution is -2.27. The number of benzene rings is 2. The molecule has 30 heavy (non-hydrogen) atoms. The van der Waals surface area contributed by atoms with E-state index >= 15 is 0 Å². The minimum atomic E-state index is -0.273. The Morgan fingerprint density at radius 3 is 2.83 bits per heavy atom. The zero-order chi connectivity index (χ0) is 20.5. The molecule has 148 valence electrons. The van der Waals surface area contributed by atoms with E-state index in [4.69, 9.17) is 0 Å². The standard InChI is InChI=1S/C24H21N5O/c1-16-15-20(23(30)27-19-11-4-8-18-9-5-13-25-22(18)19)28-24(26-16)29-14-6-10-17-7-2-3-12-21(17)29/h2-5,7-9,11-13,15H,6,10,14H2,1H3,(H,27,30). The van der Waals surface area contributed by atoms with Crippen LogP contribution in [0.25, 0.3) is 10.9 Å². The van der Waals surface area contributed by atoms with Crippen molar-refractivity contribution in [2.75, 3.05) is 16.8 Å². The third-order valence-corrected chi connectivity index (χ3v) is 5.31. The van der Waals surface area contributed by atoms with Crippen molar-refractivity contribution in [3.8, 4) is 0 Å². The summed E-state index contributed by atoms with van der Waals surface area (Å²) >= 11 is 0. The molecule has 0 radical (unpaired) electrons. The number of carbonyl (C=O) groups is 1. The van der Waals surface area contributed by atoms with E-state index < -0.39 is 0 Å². The molecular weight excluding hydrogens is 374 g/mol. The maximum absolute atomic E-state index is 13.0. The second-order valence-corrected chi connectivity index (χ2v) is 7.41. The normalized spacial score (nSPS) is 13.2. The fraction of sp³-hybridized carbons (Fsp3) is 0.167. The van der Waals surface area contributed by atoms with E-state index in [0.717, 1.165) is 41.7 Å². The molecule has 1 amide bonds. The number of nitrogens with one attached hydrogen (secondary N) is 1. The zero-order valence-electron chi connectivity index (χ0n) is 16.7. The highest BCUT2D eigenvalue weighted by atomic mass is 16.1.